The number of anilines is 1. The summed E-state index contributed by atoms with van der Waals surface area (Å²) in [5, 5.41) is 10.2. The van der Waals surface area contributed by atoms with Crippen LogP contribution in [0.3, 0.4) is 0 Å². The molecule has 20 heavy (non-hydrogen) atoms. The Morgan fingerprint density at radius 2 is 2.00 bits per heavy atom. The van der Waals surface area contributed by atoms with Crippen LogP contribution in [0, 0.1) is 17.7 Å². The zero-order chi connectivity index (χ0) is 14.7. The van der Waals surface area contributed by atoms with Gasteiger partial charge >= 0.3 is 0 Å². The lowest BCUT2D eigenvalue weighted by molar-refractivity contribution is 0.103. The molecule has 0 amide bonds. The number of benzene rings is 1. The first-order chi connectivity index (χ1) is 9.45. The maximum absolute atomic E-state index is 13.1. The minimum atomic E-state index is -0.578. The van der Waals surface area contributed by atoms with Crippen molar-refractivity contribution in [2.45, 2.75) is 32.8 Å². The van der Waals surface area contributed by atoms with Crippen LogP contribution >= 0.6 is 0 Å². The fourth-order valence-electron chi connectivity index (χ4n) is 3.22. The van der Waals surface area contributed by atoms with E-state index in [-0.39, 0.29) is 5.69 Å². The van der Waals surface area contributed by atoms with Gasteiger partial charge in [0, 0.05) is 19.6 Å². The standard InChI is InChI=1S/C16H25FN2O/c1-11-7-12(2)10-19(9-11)6-5-16(20)13-3-4-14(17)15(18)8-13/h3-4,8,11-12,16,20H,5-7,9-10,18H2,1-2H3. The first-order valence-electron chi connectivity index (χ1n) is 7.41. The summed E-state index contributed by atoms with van der Waals surface area (Å²) in [6.07, 6.45) is 1.36. The van der Waals surface area contributed by atoms with Gasteiger partial charge in [0.15, 0.2) is 0 Å². The number of rotatable bonds is 4. The van der Waals surface area contributed by atoms with Crippen LogP contribution in [0.1, 0.15) is 38.4 Å². The number of nitrogens with two attached hydrogens (primary N) is 1. The van der Waals surface area contributed by atoms with Crippen molar-refractivity contribution in [1.82, 2.24) is 4.90 Å². The summed E-state index contributed by atoms with van der Waals surface area (Å²) in [6.45, 7) is 7.62. The van der Waals surface area contributed by atoms with Gasteiger partial charge in [0.2, 0.25) is 0 Å². The van der Waals surface area contributed by atoms with Gasteiger partial charge in [-0.1, -0.05) is 19.9 Å². The molecule has 3 N–H and O–H groups in total. The van der Waals surface area contributed by atoms with Gasteiger partial charge in [-0.15, -0.1) is 0 Å². The second-order valence-electron chi connectivity index (χ2n) is 6.29. The topological polar surface area (TPSA) is 49.5 Å². The van der Waals surface area contributed by atoms with Crippen molar-refractivity contribution in [2.24, 2.45) is 11.8 Å². The molecule has 2 rings (SSSR count). The molecule has 0 radical (unpaired) electrons. The summed E-state index contributed by atoms with van der Waals surface area (Å²) in [5.41, 5.74) is 6.33. The first kappa shape index (κ1) is 15.3. The maximum Gasteiger partial charge on any atom is 0.146 e. The van der Waals surface area contributed by atoms with Crippen LogP contribution in [0.4, 0.5) is 10.1 Å². The lowest BCUT2D eigenvalue weighted by Gasteiger charge is -2.35. The van der Waals surface area contributed by atoms with Crippen molar-refractivity contribution < 1.29 is 9.50 Å². The summed E-state index contributed by atoms with van der Waals surface area (Å²) in [6, 6.07) is 4.46. The number of likely N-dealkylation sites (tertiary alicyclic amines) is 1. The van der Waals surface area contributed by atoms with Gasteiger partial charge in [-0.2, -0.15) is 0 Å². The van der Waals surface area contributed by atoms with Gasteiger partial charge in [-0.3, -0.25) is 0 Å². The molecule has 112 valence electrons. The highest BCUT2D eigenvalue weighted by Crippen LogP contribution is 2.24. The van der Waals surface area contributed by atoms with Crippen LogP contribution < -0.4 is 5.73 Å². The second-order valence-corrected chi connectivity index (χ2v) is 6.29. The lowest BCUT2D eigenvalue weighted by atomic mass is 9.91. The zero-order valence-electron chi connectivity index (χ0n) is 12.3. The molecule has 3 unspecified atom stereocenters. The highest BCUT2D eigenvalue weighted by atomic mass is 19.1. The summed E-state index contributed by atoms with van der Waals surface area (Å²) in [4.78, 5) is 2.41. The van der Waals surface area contributed by atoms with Crippen LogP contribution in [0.5, 0.6) is 0 Å². The zero-order valence-corrected chi connectivity index (χ0v) is 12.3. The van der Waals surface area contributed by atoms with Gasteiger partial charge in [-0.05, 0) is 42.4 Å². The number of aliphatic hydroxyl groups excluding tert-OH is 1. The fraction of sp³-hybridized carbons (Fsp3) is 0.625. The summed E-state index contributed by atoms with van der Waals surface area (Å²) in [5.74, 6) is 1.01. The molecule has 0 aromatic heterocycles. The molecule has 3 nitrogen and oxygen atoms in total. The quantitative estimate of drug-likeness (QED) is 0.834. The van der Waals surface area contributed by atoms with E-state index in [0.29, 0.717) is 12.0 Å². The molecule has 0 saturated carbocycles. The molecule has 4 heteroatoms. The highest BCUT2D eigenvalue weighted by molar-refractivity contribution is 5.43. The SMILES string of the molecule is CC1CC(C)CN(CCC(O)c2ccc(F)c(N)c2)C1. The predicted molar refractivity (Wildman–Crippen MR) is 79.8 cm³/mol. The molecule has 1 aromatic carbocycles. The lowest BCUT2D eigenvalue weighted by Crippen LogP contribution is -2.39. The third-order valence-electron chi connectivity index (χ3n) is 4.07. The van der Waals surface area contributed by atoms with E-state index >= 15 is 0 Å². The third kappa shape index (κ3) is 3.93. The van der Waals surface area contributed by atoms with Crippen LogP contribution in [0.25, 0.3) is 0 Å². The Labute approximate surface area is 120 Å². The van der Waals surface area contributed by atoms with E-state index in [9.17, 15) is 9.50 Å². The van der Waals surface area contributed by atoms with Gasteiger partial charge in [0.25, 0.3) is 0 Å². The Hall–Kier alpha value is -1.13. The van der Waals surface area contributed by atoms with E-state index in [1.165, 1.54) is 18.6 Å². The van der Waals surface area contributed by atoms with Crippen LogP contribution in [-0.4, -0.2) is 29.6 Å². The molecule has 1 aliphatic rings. The van der Waals surface area contributed by atoms with Gasteiger partial charge in [-0.25, -0.2) is 4.39 Å². The van der Waals surface area contributed by atoms with Crippen molar-refractivity contribution in [2.75, 3.05) is 25.4 Å². The summed E-state index contributed by atoms with van der Waals surface area (Å²) >= 11 is 0. The minimum Gasteiger partial charge on any atom is -0.396 e. The molecule has 3 atom stereocenters. The number of hydrogen-bond acceptors (Lipinski definition) is 3. The number of aliphatic hydroxyl groups is 1. The van der Waals surface area contributed by atoms with E-state index in [2.05, 4.69) is 18.7 Å². The Morgan fingerprint density at radius 3 is 2.60 bits per heavy atom. The summed E-state index contributed by atoms with van der Waals surface area (Å²) in [7, 11) is 0. The van der Waals surface area contributed by atoms with Crippen molar-refractivity contribution in [3.63, 3.8) is 0 Å². The van der Waals surface area contributed by atoms with Crippen molar-refractivity contribution in [3.05, 3.63) is 29.6 Å². The van der Waals surface area contributed by atoms with E-state index in [1.54, 1.807) is 6.07 Å². The average molecular weight is 280 g/mol. The Bertz CT molecular complexity index is 442. The number of piperidine rings is 1. The third-order valence-corrected chi connectivity index (χ3v) is 4.07. The van der Waals surface area contributed by atoms with Gasteiger partial charge in [0.05, 0.1) is 11.8 Å². The average Bonchev–Trinajstić information content (AvgIpc) is 2.38. The van der Waals surface area contributed by atoms with Gasteiger partial charge in [0.1, 0.15) is 5.82 Å². The predicted octanol–water partition coefficient (Wildman–Crippen LogP) is 2.81. The van der Waals surface area contributed by atoms with Crippen LogP contribution in [0.2, 0.25) is 0 Å². The van der Waals surface area contributed by atoms with Gasteiger partial charge < -0.3 is 15.7 Å². The molecule has 0 spiro atoms. The normalized spacial score (nSPS) is 25.6. The Kier molecular flexibility index (Phi) is 5.00. The minimum absolute atomic E-state index is 0.0989. The van der Waals surface area contributed by atoms with Crippen molar-refractivity contribution >= 4 is 5.69 Å². The highest BCUT2D eigenvalue weighted by Gasteiger charge is 2.22. The molecular weight excluding hydrogens is 255 g/mol. The summed E-state index contributed by atoms with van der Waals surface area (Å²) < 4.78 is 13.1. The van der Waals surface area contributed by atoms with E-state index in [4.69, 9.17) is 5.73 Å². The van der Waals surface area contributed by atoms with Crippen molar-refractivity contribution in [3.8, 4) is 0 Å². The monoisotopic (exact) mass is 280 g/mol. The molecule has 1 fully saturated rings. The molecular formula is C16H25FN2O. The number of hydrogen-bond donors (Lipinski definition) is 2. The van der Waals surface area contributed by atoms with Crippen LogP contribution in [-0.2, 0) is 0 Å². The van der Waals surface area contributed by atoms with Crippen molar-refractivity contribution in [1.29, 1.82) is 0 Å². The molecule has 0 bridgehead atoms. The van der Waals surface area contributed by atoms with E-state index < -0.39 is 11.9 Å². The second kappa shape index (κ2) is 6.55. The first-order valence-corrected chi connectivity index (χ1v) is 7.41. The Morgan fingerprint density at radius 1 is 1.35 bits per heavy atom. The molecule has 1 saturated heterocycles. The number of halogens is 1. The van der Waals surface area contributed by atoms with E-state index in [0.717, 1.165) is 31.5 Å². The largest absolute Gasteiger partial charge is 0.396 e. The smallest absolute Gasteiger partial charge is 0.146 e. The fourth-order valence-corrected chi connectivity index (χ4v) is 3.22. The Balaban J connectivity index is 1.88. The maximum atomic E-state index is 13.1. The molecule has 1 aliphatic heterocycles. The molecule has 1 heterocycles. The number of nitrogens with zero attached hydrogens (tertiary/aromatic N) is 1. The van der Waals surface area contributed by atoms with E-state index in [1.807, 2.05) is 0 Å². The van der Waals surface area contributed by atoms with Crippen LogP contribution in [0.15, 0.2) is 18.2 Å². The number of nitrogen functional groups attached to an aromatic ring is 1. The molecule has 1 aromatic rings. The molecule has 0 aliphatic carbocycles.